The molecule has 3 nitrogen and oxygen atoms in total. The molecule has 8 heavy (non-hydrogen) atoms. The summed E-state index contributed by atoms with van der Waals surface area (Å²) >= 11 is 5.07. The van der Waals surface area contributed by atoms with Crippen LogP contribution in [-0.4, -0.2) is 16.4 Å². The maximum atomic E-state index is 8.10. The van der Waals surface area contributed by atoms with Gasteiger partial charge in [0, 0.05) is 5.54 Å². The molecule has 0 atom stereocenters. The highest BCUT2D eigenvalue weighted by Gasteiger charge is 1.92. The fourth-order valence-corrected chi connectivity index (χ4v) is 0.438. The monoisotopic (exact) mass is 156 g/mol. The molecule has 0 saturated carbocycles. The van der Waals surface area contributed by atoms with Crippen molar-refractivity contribution in [3.63, 3.8) is 0 Å². The molecule has 0 unspecified atom stereocenters. The summed E-state index contributed by atoms with van der Waals surface area (Å²) in [5.41, 5.74) is 1.25. The summed E-state index contributed by atoms with van der Waals surface area (Å²) in [4.78, 5) is 16.2. The molecule has 0 aliphatic carbocycles. The Labute approximate surface area is 53.5 Å². The van der Waals surface area contributed by atoms with E-state index in [1.165, 1.54) is 11.6 Å². The first-order chi connectivity index (χ1) is 3.77. The standard InChI is InChI=1S/C3H6ClO3P/c4-2-1-3-7-8(5)6/h1-2,5-6H,3H2/b2-1+. The Hall–Kier alpha value is 0.340. The summed E-state index contributed by atoms with van der Waals surface area (Å²) in [6, 6.07) is 0. The molecule has 0 radical (unpaired) electrons. The van der Waals surface area contributed by atoms with Gasteiger partial charge in [-0.2, -0.15) is 0 Å². The minimum Gasteiger partial charge on any atom is -0.328 e. The first-order valence-electron chi connectivity index (χ1n) is 1.83. The highest BCUT2D eigenvalue weighted by molar-refractivity contribution is 7.39. The first-order valence-corrected chi connectivity index (χ1v) is 3.43. The minimum atomic E-state index is -2.22. The average Bonchev–Trinajstić information content (AvgIpc) is 1.66. The van der Waals surface area contributed by atoms with Crippen molar-refractivity contribution < 1.29 is 14.3 Å². The van der Waals surface area contributed by atoms with Gasteiger partial charge in [0.1, 0.15) is 0 Å². The van der Waals surface area contributed by atoms with Crippen LogP contribution in [0.25, 0.3) is 0 Å². The van der Waals surface area contributed by atoms with Crippen LogP contribution in [0.3, 0.4) is 0 Å². The maximum absolute atomic E-state index is 8.10. The number of hydrogen-bond acceptors (Lipinski definition) is 3. The predicted molar refractivity (Wildman–Crippen MR) is 32.3 cm³/mol. The molecule has 0 amide bonds. The molecule has 0 fully saturated rings. The molecule has 0 rings (SSSR count). The van der Waals surface area contributed by atoms with Gasteiger partial charge in [0.15, 0.2) is 0 Å². The molecule has 0 heterocycles. The Balaban J connectivity index is 2.93. The predicted octanol–water partition coefficient (Wildman–Crippen LogP) is 0.967. The highest BCUT2D eigenvalue weighted by Crippen LogP contribution is 2.23. The fraction of sp³-hybridized carbons (Fsp3) is 0.333. The molecule has 0 spiro atoms. The zero-order chi connectivity index (χ0) is 6.41. The maximum Gasteiger partial charge on any atom is 0.327 e. The summed E-state index contributed by atoms with van der Waals surface area (Å²) < 4.78 is 4.29. The van der Waals surface area contributed by atoms with Crippen LogP contribution >= 0.6 is 20.2 Å². The van der Waals surface area contributed by atoms with E-state index in [4.69, 9.17) is 21.4 Å². The Morgan fingerprint density at radius 1 is 1.62 bits per heavy atom. The van der Waals surface area contributed by atoms with Crippen molar-refractivity contribution >= 4 is 20.2 Å². The van der Waals surface area contributed by atoms with Gasteiger partial charge in [-0.05, 0) is 6.08 Å². The molecule has 0 aromatic heterocycles. The van der Waals surface area contributed by atoms with E-state index in [-0.39, 0.29) is 6.61 Å². The number of rotatable bonds is 3. The smallest absolute Gasteiger partial charge is 0.327 e. The van der Waals surface area contributed by atoms with Crippen LogP contribution in [0.2, 0.25) is 0 Å². The van der Waals surface area contributed by atoms with E-state index in [1.807, 2.05) is 0 Å². The summed E-state index contributed by atoms with van der Waals surface area (Å²) in [6.07, 6.45) is 1.46. The van der Waals surface area contributed by atoms with Crippen molar-refractivity contribution in [1.29, 1.82) is 0 Å². The van der Waals surface area contributed by atoms with Crippen molar-refractivity contribution in [2.75, 3.05) is 6.61 Å². The zero-order valence-electron chi connectivity index (χ0n) is 3.99. The van der Waals surface area contributed by atoms with Crippen LogP contribution in [0.1, 0.15) is 0 Å². The first kappa shape index (κ1) is 8.34. The average molecular weight is 157 g/mol. The van der Waals surface area contributed by atoms with Gasteiger partial charge < -0.3 is 14.3 Å². The highest BCUT2D eigenvalue weighted by atomic mass is 35.5. The molecular formula is C3H6ClO3P. The van der Waals surface area contributed by atoms with Crippen LogP contribution in [0.15, 0.2) is 11.6 Å². The van der Waals surface area contributed by atoms with Crippen molar-refractivity contribution in [2.45, 2.75) is 0 Å². The largest absolute Gasteiger partial charge is 0.328 e. The van der Waals surface area contributed by atoms with Gasteiger partial charge in [-0.15, -0.1) is 0 Å². The third-order valence-electron chi connectivity index (χ3n) is 0.375. The van der Waals surface area contributed by atoms with Gasteiger partial charge in [-0.3, -0.25) is 0 Å². The second-order valence-corrected chi connectivity index (χ2v) is 1.93. The SMILES string of the molecule is OP(O)OC/C=C/Cl. The normalized spacial score (nSPS) is 11.5. The van der Waals surface area contributed by atoms with Gasteiger partial charge in [0.25, 0.3) is 0 Å². The lowest BCUT2D eigenvalue weighted by Gasteiger charge is -1.96. The van der Waals surface area contributed by atoms with E-state index < -0.39 is 8.60 Å². The van der Waals surface area contributed by atoms with Crippen LogP contribution in [0, 0.1) is 0 Å². The molecule has 0 aromatic carbocycles. The molecule has 0 aliphatic heterocycles. The lowest BCUT2D eigenvalue weighted by atomic mass is 10.7. The van der Waals surface area contributed by atoms with Gasteiger partial charge in [0.05, 0.1) is 6.61 Å². The number of hydrogen-bond donors (Lipinski definition) is 2. The molecule has 2 N–H and O–H groups in total. The molecule has 0 bridgehead atoms. The molecule has 0 aliphatic rings. The number of halogens is 1. The molecular weight excluding hydrogens is 150 g/mol. The summed E-state index contributed by atoms with van der Waals surface area (Å²) in [5.74, 6) is 0. The van der Waals surface area contributed by atoms with Gasteiger partial charge in [-0.25, -0.2) is 0 Å². The Morgan fingerprint density at radius 2 is 2.25 bits per heavy atom. The second-order valence-electron chi connectivity index (χ2n) is 0.910. The summed E-state index contributed by atoms with van der Waals surface area (Å²) in [5, 5.41) is 0. The van der Waals surface area contributed by atoms with E-state index in [9.17, 15) is 0 Å². The summed E-state index contributed by atoms with van der Waals surface area (Å²) in [7, 11) is -2.22. The van der Waals surface area contributed by atoms with E-state index >= 15 is 0 Å². The molecule has 0 aromatic rings. The summed E-state index contributed by atoms with van der Waals surface area (Å²) in [6.45, 7) is 0.141. The lowest BCUT2D eigenvalue weighted by Crippen LogP contribution is -1.81. The topological polar surface area (TPSA) is 49.7 Å². The van der Waals surface area contributed by atoms with Crippen LogP contribution in [0.5, 0.6) is 0 Å². The molecule has 48 valence electrons. The van der Waals surface area contributed by atoms with Gasteiger partial charge in [0.2, 0.25) is 0 Å². The van der Waals surface area contributed by atoms with Crippen LogP contribution in [0.4, 0.5) is 0 Å². The van der Waals surface area contributed by atoms with E-state index in [0.29, 0.717) is 0 Å². The second kappa shape index (κ2) is 5.48. The van der Waals surface area contributed by atoms with Gasteiger partial charge >= 0.3 is 8.60 Å². The minimum absolute atomic E-state index is 0.141. The third-order valence-corrected chi connectivity index (χ3v) is 0.934. The van der Waals surface area contributed by atoms with E-state index in [0.717, 1.165) is 0 Å². The Morgan fingerprint density at radius 3 is 2.62 bits per heavy atom. The quantitative estimate of drug-likeness (QED) is 0.599. The lowest BCUT2D eigenvalue weighted by molar-refractivity contribution is 0.282. The van der Waals surface area contributed by atoms with Crippen molar-refractivity contribution in [3.05, 3.63) is 11.6 Å². The van der Waals surface area contributed by atoms with Crippen molar-refractivity contribution in [3.8, 4) is 0 Å². The molecule has 5 heteroatoms. The zero-order valence-corrected chi connectivity index (χ0v) is 5.64. The third kappa shape index (κ3) is 6.34. The van der Waals surface area contributed by atoms with Crippen LogP contribution in [-0.2, 0) is 4.52 Å². The van der Waals surface area contributed by atoms with Gasteiger partial charge in [-0.1, -0.05) is 11.6 Å². The molecule has 0 saturated heterocycles. The van der Waals surface area contributed by atoms with Crippen LogP contribution < -0.4 is 0 Å². The fourth-order valence-electron chi connectivity index (χ4n) is 0.146. The Bertz CT molecular complexity index is 74.9. The Kier molecular flexibility index (Phi) is 5.71. The van der Waals surface area contributed by atoms with E-state index in [1.54, 1.807) is 0 Å². The van der Waals surface area contributed by atoms with E-state index in [2.05, 4.69) is 4.52 Å². The van der Waals surface area contributed by atoms with Crippen molar-refractivity contribution in [1.82, 2.24) is 0 Å². The van der Waals surface area contributed by atoms with Crippen molar-refractivity contribution in [2.24, 2.45) is 0 Å².